The number of aromatic nitrogens is 1. The van der Waals surface area contributed by atoms with Crippen molar-refractivity contribution in [2.24, 2.45) is 11.7 Å². The van der Waals surface area contributed by atoms with Gasteiger partial charge in [0, 0.05) is 17.5 Å². The maximum absolute atomic E-state index is 11.4. The molecule has 0 saturated carbocycles. The summed E-state index contributed by atoms with van der Waals surface area (Å²) in [6, 6.07) is 0. The van der Waals surface area contributed by atoms with Crippen molar-refractivity contribution in [2.75, 3.05) is 6.54 Å². The molecule has 1 unspecified atom stereocenters. The Bertz CT molecular complexity index is 324. The van der Waals surface area contributed by atoms with Crippen LogP contribution < -0.4 is 11.1 Å². The molecule has 0 fully saturated rings. The van der Waals surface area contributed by atoms with Gasteiger partial charge < -0.3 is 11.1 Å². The lowest BCUT2D eigenvalue weighted by Gasteiger charge is -2.07. The molecule has 84 valence electrons. The van der Waals surface area contributed by atoms with E-state index in [0.29, 0.717) is 19.5 Å². The summed E-state index contributed by atoms with van der Waals surface area (Å²) in [7, 11) is 0. The lowest BCUT2D eigenvalue weighted by atomic mass is 10.1. The molecule has 1 heterocycles. The van der Waals surface area contributed by atoms with Crippen molar-refractivity contribution in [3.8, 4) is 0 Å². The number of carbonyl (C=O) groups is 1. The molecule has 0 saturated heterocycles. The first-order chi connectivity index (χ1) is 7.11. The van der Waals surface area contributed by atoms with E-state index in [9.17, 15) is 4.79 Å². The molecule has 0 aliphatic rings. The van der Waals surface area contributed by atoms with Gasteiger partial charge in [0.1, 0.15) is 5.01 Å². The summed E-state index contributed by atoms with van der Waals surface area (Å²) < 4.78 is 0. The normalized spacial score (nSPS) is 12.5. The van der Waals surface area contributed by atoms with Crippen LogP contribution in [0.2, 0.25) is 0 Å². The molecule has 1 rings (SSSR count). The number of carbonyl (C=O) groups excluding carboxylic acids is 1. The molecule has 1 aromatic heterocycles. The average Bonchev–Trinajstić information content (AvgIpc) is 2.61. The Morgan fingerprint density at radius 2 is 2.47 bits per heavy atom. The van der Waals surface area contributed by atoms with E-state index < -0.39 is 0 Å². The van der Waals surface area contributed by atoms with Crippen molar-refractivity contribution in [1.82, 2.24) is 10.3 Å². The molecule has 0 aromatic carbocycles. The van der Waals surface area contributed by atoms with Crippen LogP contribution in [0.25, 0.3) is 0 Å². The molecule has 0 aliphatic heterocycles. The largest absolute Gasteiger partial charge is 0.350 e. The van der Waals surface area contributed by atoms with E-state index in [1.807, 2.05) is 20.0 Å². The van der Waals surface area contributed by atoms with E-state index in [0.717, 1.165) is 9.88 Å². The molecule has 1 amide bonds. The van der Waals surface area contributed by atoms with Crippen molar-refractivity contribution >= 4 is 17.2 Å². The first-order valence-electron chi connectivity index (χ1n) is 5.00. The number of hydrogen-bond donors (Lipinski definition) is 2. The lowest BCUT2D eigenvalue weighted by Crippen LogP contribution is -2.26. The van der Waals surface area contributed by atoms with Crippen LogP contribution in [0.5, 0.6) is 0 Å². The maximum atomic E-state index is 11.4. The van der Waals surface area contributed by atoms with Crippen LogP contribution >= 0.6 is 11.3 Å². The van der Waals surface area contributed by atoms with Crippen LogP contribution in [0.15, 0.2) is 6.20 Å². The summed E-state index contributed by atoms with van der Waals surface area (Å²) in [6.07, 6.45) is 2.30. The van der Waals surface area contributed by atoms with Gasteiger partial charge in [-0.25, -0.2) is 4.98 Å². The number of hydrogen-bond acceptors (Lipinski definition) is 4. The van der Waals surface area contributed by atoms with Gasteiger partial charge in [0.05, 0.1) is 6.54 Å². The highest BCUT2D eigenvalue weighted by atomic mass is 32.1. The molecule has 0 spiro atoms. The smallest absolute Gasteiger partial charge is 0.220 e. The van der Waals surface area contributed by atoms with E-state index in [2.05, 4.69) is 10.3 Å². The van der Waals surface area contributed by atoms with E-state index in [-0.39, 0.29) is 11.8 Å². The number of nitrogens with two attached hydrogens (primary N) is 1. The Hall–Kier alpha value is -0.940. The third-order valence-corrected chi connectivity index (χ3v) is 2.95. The maximum Gasteiger partial charge on any atom is 0.220 e. The van der Waals surface area contributed by atoms with Crippen molar-refractivity contribution in [1.29, 1.82) is 0 Å². The second-order valence-electron chi connectivity index (χ2n) is 3.69. The molecule has 3 N–H and O–H groups in total. The zero-order valence-electron chi connectivity index (χ0n) is 9.12. The van der Waals surface area contributed by atoms with E-state index >= 15 is 0 Å². The van der Waals surface area contributed by atoms with Gasteiger partial charge >= 0.3 is 0 Å². The van der Waals surface area contributed by atoms with Crippen molar-refractivity contribution in [2.45, 2.75) is 26.8 Å². The highest BCUT2D eigenvalue weighted by Crippen LogP contribution is 2.10. The Labute approximate surface area is 93.9 Å². The molecule has 1 atom stereocenters. The highest BCUT2D eigenvalue weighted by Gasteiger charge is 2.07. The minimum Gasteiger partial charge on any atom is -0.350 e. The van der Waals surface area contributed by atoms with Crippen LogP contribution in [-0.4, -0.2) is 17.4 Å². The van der Waals surface area contributed by atoms with Gasteiger partial charge in [0.15, 0.2) is 0 Å². The van der Waals surface area contributed by atoms with Crippen LogP contribution in [-0.2, 0) is 11.3 Å². The Balaban J connectivity index is 2.28. The quantitative estimate of drug-likeness (QED) is 0.790. The van der Waals surface area contributed by atoms with Crippen LogP contribution in [0.4, 0.5) is 0 Å². The number of rotatable bonds is 5. The van der Waals surface area contributed by atoms with E-state index in [1.165, 1.54) is 0 Å². The van der Waals surface area contributed by atoms with Gasteiger partial charge in [-0.2, -0.15) is 0 Å². The zero-order chi connectivity index (χ0) is 11.3. The predicted molar refractivity (Wildman–Crippen MR) is 61.5 cm³/mol. The number of thiazole rings is 1. The third kappa shape index (κ3) is 4.40. The van der Waals surface area contributed by atoms with Crippen molar-refractivity contribution < 1.29 is 4.79 Å². The SMILES string of the molecule is Cc1cnc(CNC(=O)CC(C)CN)s1. The molecule has 0 bridgehead atoms. The topological polar surface area (TPSA) is 68.0 Å². The van der Waals surface area contributed by atoms with E-state index in [1.54, 1.807) is 11.3 Å². The minimum absolute atomic E-state index is 0.0424. The standard InChI is InChI=1S/C10H17N3OS/c1-7(4-11)3-9(14)12-6-10-13-5-8(2)15-10/h5,7H,3-4,6,11H2,1-2H3,(H,12,14). The average molecular weight is 227 g/mol. The molecular weight excluding hydrogens is 210 g/mol. The Morgan fingerprint density at radius 3 is 3.00 bits per heavy atom. The van der Waals surface area contributed by atoms with Gasteiger partial charge in [-0.3, -0.25) is 4.79 Å². The Morgan fingerprint density at radius 1 is 1.73 bits per heavy atom. The number of nitrogens with zero attached hydrogens (tertiary/aromatic N) is 1. The first kappa shape index (κ1) is 12.1. The van der Waals surface area contributed by atoms with Gasteiger partial charge in [-0.05, 0) is 19.4 Å². The summed E-state index contributed by atoms with van der Waals surface area (Å²) in [6.45, 7) is 5.03. The summed E-state index contributed by atoms with van der Waals surface area (Å²) in [4.78, 5) is 16.7. The number of nitrogens with one attached hydrogen (secondary N) is 1. The lowest BCUT2D eigenvalue weighted by molar-refractivity contribution is -0.122. The molecular formula is C10H17N3OS. The minimum atomic E-state index is 0.0424. The fourth-order valence-corrected chi connectivity index (χ4v) is 1.86. The highest BCUT2D eigenvalue weighted by molar-refractivity contribution is 7.11. The second kappa shape index (κ2) is 5.82. The first-order valence-corrected chi connectivity index (χ1v) is 5.81. The molecule has 4 nitrogen and oxygen atoms in total. The number of aryl methyl sites for hydroxylation is 1. The monoisotopic (exact) mass is 227 g/mol. The molecule has 0 aliphatic carbocycles. The summed E-state index contributed by atoms with van der Waals surface area (Å²) in [5, 5.41) is 3.78. The molecule has 5 heteroatoms. The van der Waals surface area contributed by atoms with Gasteiger partial charge in [0.25, 0.3) is 0 Å². The summed E-state index contributed by atoms with van der Waals surface area (Å²) in [5.74, 6) is 0.281. The van der Waals surface area contributed by atoms with Gasteiger partial charge in [-0.1, -0.05) is 6.92 Å². The molecule has 1 aromatic rings. The second-order valence-corrected chi connectivity index (χ2v) is 5.01. The van der Waals surface area contributed by atoms with E-state index in [4.69, 9.17) is 5.73 Å². The Kier molecular flexibility index (Phi) is 4.71. The fourth-order valence-electron chi connectivity index (χ4n) is 1.13. The summed E-state index contributed by atoms with van der Waals surface area (Å²) in [5.41, 5.74) is 5.44. The number of amides is 1. The fraction of sp³-hybridized carbons (Fsp3) is 0.600. The van der Waals surface area contributed by atoms with Crippen LogP contribution in [0.3, 0.4) is 0 Å². The zero-order valence-corrected chi connectivity index (χ0v) is 9.93. The predicted octanol–water partition coefficient (Wildman–Crippen LogP) is 1.05. The van der Waals surface area contributed by atoms with Crippen molar-refractivity contribution in [3.63, 3.8) is 0 Å². The van der Waals surface area contributed by atoms with Gasteiger partial charge in [0.2, 0.25) is 5.91 Å². The molecule has 0 radical (unpaired) electrons. The molecule has 15 heavy (non-hydrogen) atoms. The van der Waals surface area contributed by atoms with Crippen LogP contribution in [0.1, 0.15) is 23.2 Å². The third-order valence-electron chi connectivity index (χ3n) is 2.04. The van der Waals surface area contributed by atoms with Crippen molar-refractivity contribution in [3.05, 3.63) is 16.1 Å². The summed E-state index contributed by atoms with van der Waals surface area (Å²) >= 11 is 1.60. The van der Waals surface area contributed by atoms with Gasteiger partial charge in [-0.15, -0.1) is 11.3 Å². The van der Waals surface area contributed by atoms with Crippen LogP contribution in [0, 0.1) is 12.8 Å².